The Bertz CT molecular complexity index is 507. The van der Waals surface area contributed by atoms with E-state index in [0.29, 0.717) is 0 Å². The fourth-order valence-corrected chi connectivity index (χ4v) is 3.13. The first-order valence-electron chi connectivity index (χ1n) is 7.23. The van der Waals surface area contributed by atoms with Gasteiger partial charge >= 0.3 is 0 Å². The molecule has 1 saturated carbocycles. The monoisotopic (exact) mass is 240 g/mol. The van der Waals surface area contributed by atoms with Crippen molar-refractivity contribution in [3.63, 3.8) is 0 Å². The summed E-state index contributed by atoms with van der Waals surface area (Å²) in [6.07, 6.45) is 7.11. The third-order valence-corrected chi connectivity index (χ3v) is 4.20. The first kappa shape index (κ1) is 11.7. The number of fused-ring (bicyclic) bond motifs is 1. The zero-order valence-electron chi connectivity index (χ0n) is 10.9. The summed E-state index contributed by atoms with van der Waals surface area (Å²) >= 11 is 0. The standard InChI is InChI=1S/C17H21N/c1-2-10-16(11-3-1)18-13-15-9-6-8-14-7-4-5-12-17(14)15/h4-9,12,16,18H,1-3,10-11,13H2/p+1. The van der Waals surface area contributed by atoms with Crippen LogP contribution in [-0.2, 0) is 6.54 Å². The van der Waals surface area contributed by atoms with E-state index < -0.39 is 0 Å². The molecule has 0 atom stereocenters. The van der Waals surface area contributed by atoms with Gasteiger partial charge in [0.05, 0.1) is 6.04 Å². The van der Waals surface area contributed by atoms with Gasteiger partial charge in [-0.2, -0.15) is 0 Å². The SMILES string of the molecule is c1ccc2c(C[NH2+]C3CCCCC3)cccc2c1. The highest BCUT2D eigenvalue weighted by Gasteiger charge is 2.16. The molecule has 0 radical (unpaired) electrons. The Kier molecular flexibility index (Phi) is 3.61. The maximum atomic E-state index is 2.56. The minimum absolute atomic E-state index is 0.859. The Morgan fingerprint density at radius 2 is 1.67 bits per heavy atom. The maximum Gasteiger partial charge on any atom is 0.102 e. The Balaban J connectivity index is 1.74. The van der Waals surface area contributed by atoms with E-state index >= 15 is 0 Å². The van der Waals surface area contributed by atoms with Crippen LogP contribution in [0.5, 0.6) is 0 Å². The molecule has 2 aromatic rings. The van der Waals surface area contributed by atoms with Crippen molar-refractivity contribution in [3.05, 3.63) is 48.0 Å². The van der Waals surface area contributed by atoms with E-state index in [1.54, 1.807) is 0 Å². The second-order valence-corrected chi connectivity index (χ2v) is 5.48. The van der Waals surface area contributed by atoms with Gasteiger partial charge in [-0.1, -0.05) is 48.9 Å². The number of nitrogens with two attached hydrogens (primary N) is 1. The van der Waals surface area contributed by atoms with Crippen LogP contribution in [-0.4, -0.2) is 6.04 Å². The molecule has 0 amide bonds. The summed E-state index contributed by atoms with van der Waals surface area (Å²) < 4.78 is 0. The molecule has 2 aromatic carbocycles. The van der Waals surface area contributed by atoms with Gasteiger partial charge in [0.25, 0.3) is 0 Å². The maximum absolute atomic E-state index is 2.56. The first-order chi connectivity index (χ1) is 8.93. The van der Waals surface area contributed by atoms with E-state index in [1.807, 2.05) is 0 Å². The van der Waals surface area contributed by atoms with Gasteiger partial charge in [-0.05, 0) is 36.5 Å². The third-order valence-electron chi connectivity index (χ3n) is 4.20. The first-order valence-corrected chi connectivity index (χ1v) is 7.23. The predicted octanol–water partition coefficient (Wildman–Crippen LogP) is 3.24. The van der Waals surface area contributed by atoms with Crippen LogP contribution in [0.15, 0.2) is 42.5 Å². The second kappa shape index (κ2) is 5.53. The molecule has 1 nitrogen and oxygen atoms in total. The number of quaternary nitrogens is 1. The average Bonchev–Trinajstić information content (AvgIpc) is 2.46. The van der Waals surface area contributed by atoms with Crippen molar-refractivity contribution in [1.29, 1.82) is 0 Å². The van der Waals surface area contributed by atoms with Gasteiger partial charge in [0.2, 0.25) is 0 Å². The van der Waals surface area contributed by atoms with Gasteiger partial charge in [-0.15, -0.1) is 0 Å². The lowest BCUT2D eigenvalue weighted by Crippen LogP contribution is -2.88. The van der Waals surface area contributed by atoms with E-state index in [0.717, 1.165) is 12.6 Å². The van der Waals surface area contributed by atoms with Crippen LogP contribution in [0.25, 0.3) is 10.8 Å². The molecule has 0 aliphatic heterocycles. The van der Waals surface area contributed by atoms with Crippen LogP contribution in [0, 0.1) is 0 Å². The van der Waals surface area contributed by atoms with Crippen LogP contribution in [0.4, 0.5) is 0 Å². The van der Waals surface area contributed by atoms with Crippen molar-refractivity contribution in [2.75, 3.05) is 0 Å². The van der Waals surface area contributed by atoms with Crippen LogP contribution in [0.2, 0.25) is 0 Å². The van der Waals surface area contributed by atoms with Gasteiger partial charge in [0, 0.05) is 5.56 Å². The quantitative estimate of drug-likeness (QED) is 0.848. The van der Waals surface area contributed by atoms with Crippen LogP contribution >= 0.6 is 0 Å². The summed E-state index contributed by atoms with van der Waals surface area (Å²) in [5, 5.41) is 5.35. The van der Waals surface area contributed by atoms with Gasteiger partial charge in [-0.3, -0.25) is 0 Å². The van der Waals surface area contributed by atoms with Gasteiger partial charge < -0.3 is 5.32 Å². The summed E-state index contributed by atoms with van der Waals surface area (Å²) in [5.74, 6) is 0. The fraction of sp³-hybridized carbons (Fsp3) is 0.412. The molecule has 0 unspecified atom stereocenters. The number of hydrogen-bond acceptors (Lipinski definition) is 0. The number of benzene rings is 2. The molecule has 1 fully saturated rings. The minimum Gasteiger partial charge on any atom is -0.340 e. The highest BCUT2D eigenvalue weighted by Crippen LogP contribution is 2.18. The summed E-state index contributed by atoms with van der Waals surface area (Å²) in [6.45, 7) is 1.13. The smallest absolute Gasteiger partial charge is 0.102 e. The summed E-state index contributed by atoms with van der Waals surface area (Å²) in [6, 6.07) is 16.3. The Labute approximate surface area is 109 Å². The molecule has 0 aromatic heterocycles. The van der Waals surface area contributed by atoms with E-state index in [4.69, 9.17) is 0 Å². The van der Waals surface area contributed by atoms with Crippen molar-refractivity contribution in [2.45, 2.75) is 44.7 Å². The van der Waals surface area contributed by atoms with Crippen LogP contribution in [0.3, 0.4) is 0 Å². The third kappa shape index (κ3) is 2.56. The van der Waals surface area contributed by atoms with Gasteiger partial charge in [-0.25, -0.2) is 0 Å². The van der Waals surface area contributed by atoms with E-state index in [1.165, 1.54) is 48.4 Å². The van der Waals surface area contributed by atoms with Crippen molar-refractivity contribution in [2.24, 2.45) is 0 Å². The normalized spacial score (nSPS) is 17.1. The zero-order valence-corrected chi connectivity index (χ0v) is 10.9. The molecule has 0 spiro atoms. The zero-order chi connectivity index (χ0) is 12.2. The molecular formula is C17H22N+. The minimum atomic E-state index is 0.859. The molecule has 3 rings (SSSR count). The average molecular weight is 240 g/mol. The molecule has 1 aliphatic carbocycles. The number of rotatable bonds is 3. The van der Waals surface area contributed by atoms with Crippen LogP contribution < -0.4 is 5.32 Å². The molecule has 1 heteroatoms. The summed E-state index contributed by atoms with van der Waals surface area (Å²) in [7, 11) is 0. The van der Waals surface area contributed by atoms with Crippen LogP contribution in [0.1, 0.15) is 37.7 Å². The molecule has 18 heavy (non-hydrogen) atoms. The van der Waals surface area contributed by atoms with Crippen molar-refractivity contribution in [3.8, 4) is 0 Å². The molecular weight excluding hydrogens is 218 g/mol. The Hall–Kier alpha value is -1.34. The lowest BCUT2D eigenvalue weighted by molar-refractivity contribution is -0.706. The summed E-state index contributed by atoms with van der Waals surface area (Å²) in [4.78, 5) is 0. The Morgan fingerprint density at radius 3 is 2.56 bits per heavy atom. The molecule has 0 heterocycles. The summed E-state index contributed by atoms with van der Waals surface area (Å²) in [5.41, 5.74) is 1.48. The van der Waals surface area contributed by atoms with Gasteiger partial charge in [0.1, 0.15) is 6.54 Å². The number of hydrogen-bond donors (Lipinski definition) is 1. The van der Waals surface area contributed by atoms with Crippen molar-refractivity contribution >= 4 is 10.8 Å². The largest absolute Gasteiger partial charge is 0.340 e. The Morgan fingerprint density at radius 1 is 0.889 bits per heavy atom. The molecule has 1 aliphatic rings. The lowest BCUT2D eigenvalue weighted by Gasteiger charge is -2.20. The van der Waals surface area contributed by atoms with E-state index in [9.17, 15) is 0 Å². The van der Waals surface area contributed by atoms with E-state index in [-0.39, 0.29) is 0 Å². The molecule has 94 valence electrons. The molecule has 0 saturated heterocycles. The highest BCUT2D eigenvalue weighted by atomic mass is 14.9. The topological polar surface area (TPSA) is 16.6 Å². The predicted molar refractivity (Wildman–Crippen MR) is 76.5 cm³/mol. The van der Waals surface area contributed by atoms with Crippen molar-refractivity contribution < 1.29 is 5.32 Å². The van der Waals surface area contributed by atoms with E-state index in [2.05, 4.69) is 47.8 Å². The van der Waals surface area contributed by atoms with Gasteiger partial charge in [0.15, 0.2) is 0 Å². The molecule has 2 N–H and O–H groups in total. The highest BCUT2D eigenvalue weighted by molar-refractivity contribution is 5.85. The molecule has 0 bridgehead atoms. The van der Waals surface area contributed by atoms with Crippen molar-refractivity contribution in [1.82, 2.24) is 0 Å². The fourth-order valence-electron chi connectivity index (χ4n) is 3.13. The lowest BCUT2D eigenvalue weighted by atomic mass is 9.95. The second-order valence-electron chi connectivity index (χ2n) is 5.48.